The average Bonchev–Trinajstić information content (AvgIpc) is 2.65. The van der Waals surface area contributed by atoms with Gasteiger partial charge in [-0.15, -0.1) is 0 Å². The van der Waals surface area contributed by atoms with Gasteiger partial charge in [0.2, 0.25) is 0 Å². The van der Waals surface area contributed by atoms with E-state index >= 15 is 0 Å². The molecule has 28 heavy (non-hydrogen) atoms. The van der Waals surface area contributed by atoms with Crippen molar-refractivity contribution >= 4 is 27.7 Å². The molecule has 9 nitrogen and oxygen atoms in total. The summed E-state index contributed by atoms with van der Waals surface area (Å²) in [6.07, 6.45) is -1.18. The van der Waals surface area contributed by atoms with Crippen LogP contribution < -0.4 is 0 Å². The van der Waals surface area contributed by atoms with Crippen molar-refractivity contribution in [3.8, 4) is 0 Å². The first-order chi connectivity index (χ1) is 13.3. The van der Waals surface area contributed by atoms with Crippen molar-refractivity contribution < 1.29 is 37.0 Å². The Kier molecular flexibility index (Phi) is 5.52. The molecule has 3 rings (SSSR count). The van der Waals surface area contributed by atoms with Gasteiger partial charge in [0, 0.05) is 19.6 Å². The number of carbonyl (C=O) groups is 3. The first kappa shape index (κ1) is 20.0. The van der Waals surface area contributed by atoms with Gasteiger partial charge in [0.1, 0.15) is 18.9 Å². The highest BCUT2D eigenvalue weighted by atomic mass is 32.2. The van der Waals surface area contributed by atoms with Crippen LogP contribution in [0.1, 0.15) is 12.5 Å². The molecule has 1 saturated heterocycles. The van der Waals surface area contributed by atoms with E-state index < -0.39 is 51.5 Å². The first-order valence-electron chi connectivity index (χ1n) is 8.40. The number of hydrogen-bond donors (Lipinski definition) is 0. The third-order valence-corrected chi connectivity index (χ3v) is 6.37. The summed E-state index contributed by atoms with van der Waals surface area (Å²) >= 11 is 0. The van der Waals surface area contributed by atoms with Gasteiger partial charge in [-0.2, -0.15) is 0 Å². The van der Waals surface area contributed by atoms with Crippen LogP contribution in [0.2, 0.25) is 0 Å². The van der Waals surface area contributed by atoms with Gasteiger partial charge in [0.05, 0.1) is 5.75 Å². The zero-order chi connectivity index (χ0) is 20.5. The number of carbonyl (C=O) groups excluding carboxylic acids is 3. The fraction of sp³-hybridized carbons (Fsp3) is 0.389. The van der Waals surface area contributed by atoms with Crippen molar-refractivity contribution in [3.63, 3.8) is 0 Å². The monoisotopic (exact) mass is 409 g/mol. The van der Waals surface area contributed by atoms with E-state index in [2.05, 4.69) is 0 Å². The predicted octanol–water partition coefficient (Wildman–Crippen LogP) is 0.159. The van der Waals surface area contributed by atoms with E-state index in [0.717, 1.165) is 17.4 Å². The maximum Gasteiger partial charge on any atom is 0.355 e. The smallest absolute Gasteiger partial charge is 0.355 e. The lowest BCUT2D eigenvalue weighted by Gasteiger charge is -2.48. The minimum Gasteiger partial charge on any atom is -0.461 e. The number of methoxy groups -OCH3 is 1. The standard InChI is InChI=1S/C18H19NO8S/c1-11(20)26-9-13-10-28(23,24)17-15(25-2)16(21)19(17)14(13)18(22)27-8-12-6-4-3-5-7-12/h3-7,15,17H,8-10H2,1-2H3. The van der Waals surface area contributed by atoms with Crippen LogP contribution in [0.5, 0.6) is 0 Å². The number of amides is 1. The maximum atomic E-state index is 12.7. The SMILES string of the molecule is COC1C(=O)N2C(C(=O)OCc3ccccc3)=C(COC(C)=O)CS(=O)(=O)C12. The molecule has 150 valence electrons. The molecule has 0 saturated carbocycles. The highest BCUT2D eigenvalue weighted by Gasteiger charge is 2.60. The van der Waals surface area contributed by atoms with Crippen molar-refractivity contribution in [1.29, 1.82) is 0 Å². The Morgan fingerprint density at radius 3 is 2.43 bits per heavy atom. The number of sulfone groups is 1. The molecular weight excluding hydrogens is 390 g/mol. The molecule has 0 spiro atoms. The van der Waals surface area contributed by atoms with E-state index in [4.69, 9.17) is 14.2 Å². The average molecular weight is 409 g/mol. The van der Waals surface area contributed by atoms with Crippen molar-refractivity contribution in [2.75, 3.05) is 19.5 Å². The Bertz CT molecular complexity index is 938. The fourth-order valence-corrected chi connectivity index (χ4v) is 5.15. The Balaban J connectivity index is 1.92. The number of β-lactam (4-membered cyclic amide) rings is 1. The first-order valence-corrected chi connectivity index (χ1v) is 10.1. The normalized spacial score (nSPS) is 22.9. The molecule has 1 aromatic rings. The molecule has 2 unspecified atom stereocenters. The van der Waals surface area contributed by atoms with Crippen LogP contribution in [0.15, 0.2) is 41.6 Å². The molecule has 0 aliphatic carbocycles. The molecule has 2 aliphatic heterocycles. The summed E-state index contributed by atoms with van der Waals surface area (Å²) in [5, 5.41) is -1.30. The van der Waals surface area contributed by atoms with Gasteiger partial charge >= 0.3 is 11.9 Å². The van der Waals surface area contributed by atoms with E-state index in [9.17, 15) is 22.8 Å². The minimum absolute atomic E-state index is 0.00702. The predicted molar refractivity (Wildman–Crippen MR) is 95.1 cm³/mol. The highest BCUT2D eigenvalue weighted by molar-refractivity contribution is 7.92. The molecule has 2 heterocycles. The van der Waals surface area contributed by atoms with Gasteiger partial charge in [-0.3, -0.25) is 14.5 Å². The molecule has 10 heteroatoms. The zero-order valence-corrected chi connectivity index (χ0v) is 16.1. The van der Waals surface area contributed by atoms with Gasteiger partial charge in [-0.25, -0.2) is 13.2 Å². The second-order valence-corrected chi connectivity index (χ2v) is 8.45. The largest absolute Gasteiger partial charge is 0.461 e. The molecule has 1 aromatic carbocycles. The number of esters is 2. The summed E-state index contributed by atoms with van der Waals surface area (Å²) < 4.78 is 40.2. The third-order valence-electron chi connectivity index (χ3n) is 4.42. The summed E-state index contributed by atoms with van der Waals surface area (Å²) in [6.45, 7) is 0.666. The number of fused-ring (bicyclic) bond motifs is 1. The lowest BCUT2D eigenvalue weighted by molar-refractivity contribution is -0.164. The molecule has 0 aromatic heterocycles. The fourth-order valence-electron chi connectivity index (χ4n) is 3.14. The van der Waals surface area contributed by atoms with Crippen LogP contribution in [-0.2, 0) is 45.0 Å². The van der Waals surface area contributed by atoms with Gasteiger partial charge in [-0.1, -0.05) is 30.3 Å². The topological polar surface area (TPSA) is 116 Å². The molecule has 1 amide bonds. The summed E-state index contributed by atoms with van der Waals surface area (Å²) in [5.74, 6) is -2.71. The van der Waals surface area contributed by atoms with Crippen LogP contribution in [-0.4, -0.2) is 62.1 Å². The van der Waals surface area contributed by atoms with Crippen molar-refractivity contribution in [2.24, 2.45) is 0 Å². The van der Waals surface area contributed by atoms with Crippen molar-refractivity contribution in [2.45, 2.75) is 25.0 Å². The van der Waals surface area contributed by atoms with E-state index in [1.807, 2.05) is 6.07 Å². The number of ether oxygens (including phenoxy) is 3. The van der Waals surface area contributed by atoms with E-state index in [1.165, 1.54) is 7.11 Å². The molecular formula is C18H19NO8S. The molecule has 2 atom stereocenters. The Labute approximate surface area is 161 Å². The minimum atomic E-state index is -3.83. The molecule has 0 bridgehead atoms. The molecule has 0 N–H and O–H groups in total. The highest BCUT2D eigenvalue weighted by Crippen LogP contribution is 2.38. The van der Waals surface area contributed by atoms with Gasteiger partial charge in [0.25, 0.3) is 5.91 Å². The van der Waals surface area contributed by atoms with E-state index in [1.54, 1.807) is 24.3 Å². The van der Waals surface area contributed by atoms with Crippen molar-refractivity contribution in [1.82, 2.24) is 4.90 Å². The molecule has 2 aliphatic rings. The lowest BCUT2D eigenvalue weighted by atomic mass is 10.1. The molecule has 1 fully saturated rings. The van der Waals surface area contributed by atoms with E-state index in [-0.39, 0.29) is 17.9 Å². The Morgan fingerprint density at radius 2 is 1.82 bits per heavy atom. The Hall–Kier alpha value is -2.72. The molecule has 0 radical (unpaired) electrons. The quantitative estimate of drug-likeness (QED) is 0.482. The van der Waals surface area contributed by atoms with Crippen LogP contribution in [0.4, 0.5) is 0 Å². The second-order valence-electron chi connectivity index (χ2n) is 6.36. The maximum absolute atomic E-state index is 12.7. The number of rotatable bonds is 6. The zero-order valence-electron chi connectivity index (χ0n) is 15.3. The van der Waals surface area contributed by atoms with Crippen LogP contribution >= 0.6 is 0 Å². The van der Waals surface area contributed by atoms with E-state index in [0.29, 0.717) is 0 Å². The van der Waals surface area contributed by atoms with Gasteiger partial charge in [0.15, 0.2) is 21.3 Å². The summed E-state index contributed by atoms with van der Waals surface area (Å²) in [6, 6.07) is 8.88. The third kappa shape index (κ3) is 3.65. The van der Waals surface area contributed by atoms with Crippen LogP contribution in [0.25, 0.3) is 0 Å². The lowest BCUT2D eigenvalue weighted by Crippen LogP contribution is -2.70. The summed E-state index contributed by atoms with van der Waals surface area (Å²) in [4.78, 5) is 37.1. The van der Waals surface area contributed by atoms with Crippen LogP contribution in [0, 0.1) is 0 Å². The van der Waals surface area contributed by atoms with Gasteiger partial charge in [-0.05, 0) is 5.56 Å². The van der Waals surface area contributed by atoms with Crippen LogP contribution in [0.3, 0.4) is 0 Å². The summed E-state index contributed by atoms with van der Waals surface area (Å²) in [5.41, 5.74) is 0.505. The number of benzene rings is 1. The van der Waals surface area contributed by atoms with Gasteiger partial charge < -0.3 is 14.2 Å². The Morgan fingerprint density at radius 1 is 1.14 bits per heavy atom. The van der Waals surface area contributed by atoms with Crippen molar-refractivity contribution in [3.05, 3.63) is 47.2 Å². The number of nitrogens with zero attached hydrogens (tertiary/aromatic N) is 1. The summed E-state index contributed by atoms with van der Waals surface area (Å²) in [7, 11) is -2.60. The second kappa shape index (κ2) is 7.72. The number of hydrogen-bond acceptors (Lipinski definition) is 8.